The summed E-state index contributed by atoms with van der Waals surface area (Å²) in [4.78, 5) is 1.92. The van der Waals surface area contributed by atoms with Crippen LogP contribution in [-0.4, -0.2) is 48.6 Å². The number of hydrogen-bond donors (Lipinski definition) is 2. The van der Waals surface area contributed by atoms with E-state index in [-0.39, 0.29) is 11.6 Å². The lowest BCUT2D eigenvalue weighted by atomic mass is 10.2. The van der Waals surface area contributed by atoms with Crippen molar-refractivity contribution >= 4 is 33.1 Å². The van der Waals surface area contributed by atoms with E-state index in [1.165, 1.54) is 0 Å². The average molecular weight is 329 g/mol. The molecule has 8 heteroatoms. The van der Waals surface area contributed by atoms with Gasteiger partial charge in [-0.3, -0.25) is 0 Å². The highest BCUT2D eigenvalue weighted by Gasteiger charge is 2.32. The van der Waals surface area contributed by atoms with Gasteiger partial charge in [-0.1, -0.05) is 12.1 Å². The van der Waals surface area contributed by atoms with Gasteiger partial charge in [0.15, 0.2) is 15.7 Å². The topological polar surface area (TPSA) is 96.0 Å². The summed E-state index contributed by atoms with van der Waals surface area (Å²) in [7, 11) is -3.13. The van der Waals surface area contributed by atoms with Crippen molar-refractivity contribution in [2.75, 3.05) is 28.7 Å². The summed E-state index contributed by atoms with van der Waals surface area (Å²) in [6.45, 7) is 2.37. The van der Waals surface area contributed by atoms with Crippen molar-refractivity contribution < 1.29 is 13.6 Å². The van der Waals surface area contributed by atoms with E-state index in [1.54, 1.807) is 30.8 Å². The number of nitrogens with two attached hydrogens (primary N) is 1. The minimum atomic E-state index is -3.13. The highest BCUT2D eigenvalue weighted by Crippen LogP contribution is 2.27. The van der Waals surface area contributed by atoms with Crippen LogP contribution < -0.4 is 10.6 Å². The van der Waals surface area contributed by atoms with Crippen LogP contribution in [-0.2, 0) is 9.84 Å². The van der Waals surface area contributed by atoms with Crippen LogP contribution in [0.4, 0.5) is 5.69 Å². The monoisotopic (exact) mass is 329 g/mol. The lowest BCUT2D eigenvalue weighted by molar-refractivity contribution is 0.318. The third-order valence-electron chi connectivity index (χ3n) is 3.50. The fraction of sp³-hybridized carbons (Fsp3) is 0.462. The first-order valence-corrected chi connectivity index (χ1v) is 9.50. The summed E-state index contributed by atoms with van der Waals surface area (Å²) < 4.78 is 24.5. The SMILES string of the molecule is CCS(=O)(=O)C1CSCCN1c1ccc(C(N)=NO)cc1. The fourth-order valence-electron chi connectivity index (χ4n) is 2.25. The standard InChI is InChI=1S/C13H19N3O3S2/c1-2-21(18,19)12-9-20-8-7-16(12)11-5-3-10(4-6-11)13(14)15-17/h3-6,12,17H,2,7-9H2,1H3,(H2,14,15). The number of sulfone groups is 1. The third-order valence-corrected chi connectivity index (χ3v) is 6.79. The Kier molecular flexibility index (Phi) is 5.00. The van der Waals surface area contributed by atoms with Crippen LogP contribution in [0.2, 0.25) is 0 Å². The normalized spacial score (nSPS) is 20.5. The molecule has 1 aliphatic rings. The molecule has 0 amide bonds. The molecule has 1 atom stereocenters. The highest BCUT2D eigenvalue weighted by atomic mass is 32.2. The summed E-state index contributed by atoms with van der Waals surface area (Å²) in [5.41, 5.74) is 6.97. The van der Waals surface area contributed by atoms with Crippen LogP contribution >= 0.6 is 11.8 Å². The van der Waals surface area contributed by atoms with Crippen molar-refractivity contribution in [1.82, 2.24) is 0 Å². The number of thioether (sulfide) groups is 1. The zero-order chi connectivity index (χ0) is 15.5. The van der Waals surface area contributed by atoms with Gasteiger partial charge in [0.05, 0.1) is 0 Å². The summed E-state index contributed by atoms with van der Waals surface area (Å²) in [6, 6.07) is 7.06. The lowest BCUT2D eigenvalue weighted by Gasteiger charge is -2.36. The van der Waals surface area contributed by atoms with E-state index in [4.69, 9.17) is 10.9 Å². The first-order chi connectivity index (χ1) is 9.99. The van der Waals surface area contributed by atoms with E-state index >= 15 is 0 Å². The van der Waals surface area contributed by atoms with E-state index in [1.807, 2.05) is 17.0 Å². The van der Waals surface area contributed by atoms with Crippen LogP contribution in [0.1, 0.15) is 12.5 Å². The van der Waals surface area contributed by atoms with E-state index < -0.39 is 15.2 Å². The number of anilines is 1. The maximum Gasteiger partial charge on any atom is 0.171 e. The van der Waals surface area contributed by atoms with Gasteiger partial charge in [0, 0.05) is 35.1 Å². The molecule has 1 aromatic rings. The average Bonchev–Trinajstić information content (AvgIpc) is 2.54. The second-order valence-corrected chi connectivity index (χ2v) is 8.30. The van der Waals surface area contributed by atoms with Gasteiger partial charge in [-0.25, -0.2) is 8.42 Å². The lowest BCUT2D eigenvalue weighted by Crippen LogP contribution is -2.48. The second-order valence-electron chi connectivity index (χ2n) is 4.71. The third kappa shape index (κ3) is 3.44. The van der Waals surface area contributed by atoms with E-state index in [2.05, 4.69) is 5.16 Å². The van der Waals surface area contributed by atoms with Gasteiger partial charge in [0.25, 0.3) is 0 Å². The maximum atomic E-state index is 12.2. The molecule has 0 aliphatic carbocycles. The molecule has 0 spiro atoms. The summed E-state index contributed by atoms with van der Waals surface area (Å²) in [6.07, 6.45) is 0. The first-order valence-electron chi connectivity index (χ1n) is 6.63. The molecule has 1 aliphatic heterocycles. The molecule has 2 rings (SSSR count). The van der Waals surface area contributed by atoms with Crippen LogP contribution in [0.3, 0.4) is 0 Å². The summed E-state index contributed by atoms with van der Waals surface area (Å²) >= 11 is 1.66. The van der Waals surface area contributed by atoms with Gasteiger partial charge in [-0.05, 0) is 24.3 Å². The van der Waals surface area contributed by atoms with Crippen molar-refractivity contribution in [1.29, 1.82) is 0 Å². The molecule has 0 saturated carbocycles. The molecule has 1 fully saturated rings. The minimum Gasteiger partial charge on any atom is -0.409 e. The smallest absolute Gasteiger partial charge is 0.171 e. The second kappa shape index (κ2) is 6.57. The Balaban J connectivity index is 2.30. The van der Waals surface area contributed by atoms with Crippen LogP contribution in [0.15, 0.2) is 29.4 Å². The Morgan fingerprint density at radius 2 is 2.14 bits per heavy atom. The van der Waals surface area contributed by atoms with Crippen molar-refractivity contribution in [2.24, 2.45) is 10.9 Å². The maximum absolute atomic E-state index is 12.2. The highest BCUT2D eigenvalue weighted by molar-refractivity contribution is 8.01. The van der Waals surface area contributed by atoms with Crippen molar-refractivity contribution in [3.63, 3.8) is 0 Å². The number of rotatable bonds is 4. The Labute approximate surface area is 128 Å². The first kappa shape index (κ1) is 16.0. The molecule has 0 aromatic heterocycles. The van der Waals surface area contributed by atoms with Crippen LogP contribution in [0.25, 0.3) is 0 Å². The van der Waals surface area contributed by atoms with Gasteiger partial charge in [-0.2, -0.15) is 11.8 Å². The molecule has 1 saturated heterocycles. The molecular weight excluding hydrogens is 310 g/mol. The van der Waals surface area contributed by atoms with Crippen LogP contribution in [0.5, 0.6) is 0 Å². The van der Waals surface area contributed by atoms with Gasteiger partial charge >= 0.3 is 0 Å². The molecule has 6 nitrogen and oxygen atoms in total. The molecule has 0 radical (unpaired) electrons. The Morgan fingerprint density at radius 3 is 2.71 bits per heavy atom. The molecule has 1 heterocycles. The van der Waals surface area contributed by atoms with E-state index in [0.717, 1.165) is 11.4 Å². The number of benzene rings is 1. The van der Waals surface area contributed by atoms with E-state index in [9.17, 15) is 8.42 Å². The zero-order valence-corrected chi connectivity index (χ0v) is 13.4. The molecule has 3 N–H and O–H groups in total. The Morgan fingerprint density at radius 1 is 1.48 bits per heavy atom. The quantitative estimate of drug-likeness (QED) is 0.372. The van der Waals surface area contributed by atoms with Crippen LogP contribution in [0, 0.1) is 0 Å². The largest absolute Gasteiger partial charge is 0.409 e. The Hall–Kier alpha value is -1.41. The fourth-order valence-corrected chi connectivity index (χ4v) is 5.24. The number of nitrogens with zero attached hydrogens (tertiary/aromatic N) is 2. The number of hydrogen-bond acceptors (Lipinski definition) is 6. The predicted octanol–water partition coefficient (Wildman–Crippen LogP) is 1.10. The molecule has 21 heavy (non-hydrogen) atoms. The molecule has 1 unspecified atom stereocenters. The zero-order valence-electron chi connectivity index (χ0n) is 11.8. The molecule has 1 aromatic carbocycles. The van der Waals surface area contributed by atoms with Gasteiger partial charge in [0.2, 0.25) is 0 Å². The van der Waals surface area contributed by atoms with Crippen molar-refractivity contribution in [3.05, 3.63) is 29.8 Å². The summed E-state index contributed by atoms with van der Waals surface area (Å²) in [5.74, 6) is 1.65. The molecule has 0 bridgehead atoms. The number of oxime groups is 1. The minimum absolute atomic E-state index is 0.0356. The predicted molar refractivity (Wildman–Crippen MR) is 86.9 cm³/mol. The van der Waals surface area contributed by atoms with Crippen molar-refractivity contribution in [3.8, 4) is 0 Å². The van der Waals surface area contributed by atoms with Gasteiger partial charge in [-0.15, -0.1) is 0 Å². The van der Waals surface area contributed by atoms with E-state index in [0.29, 0.717) is 17.9 Å². The molecule has 116 valence electrons. The summed E-state index contributed by atoms with van der Waals surface area (Å²) in [5, 5.41) is 11.1. The van der Waals surface area contributed by atoms with Crippen molar-refractivity contribution in [2.45, 2.75) is 12.3 Å². The molecular formula is C13H19N3O3S2. The number of amidine groups is 1. The van der Waals surface area contributed by atoms with Gasteiger partial charge < -0.3 is 15.8 Å². The van der Waals surface area contributed by atoms with Gasteiger partial charge in [0.1, 0.15) is 5.37 Å². The Bertz CT molecular complexity index is 614.